The number of anilines is 1. The van der Waals surface area contributed by atoms with Crippen molar-refractivity contribution >= 4 is 17.7 Å². The number of amides is 2. The van der Waals surface area contributed by atoms with Gasteiger partial charge in [0, 0.05) is 12.6 Å². The lowest BCUT2D eigenvalue weighted by molar-refractivity contribution is 0.0693. The van der Waals surface area contributed by atoms with E-state index in [1.807, 2.05) is 7.05 Å². The lowest BCUT2D eigenvalue weighted by atomic mass is 10.1. The number of nitrogens with zero attached hydrogens (tertiary/aromatic N) is 1. The van der Waals surface area contributed by atoms with Gasteiger partial charge >= 0.3 is 12.0 Å². The van der Waals surface area contributed by atoms with E-state index in [0.29, 0.717) is 0 Å². The highest BCUT2D eigenvalue weighted by Gasteiger charge is 2.22. The van der Waals surface area contributed by atoms with E-state index < -0.39 is 23.4 Å². The second kappa shape index (κ2) is 5.87. The first-order valence-electron chi connectivity index (χ1n) is 6.25. The zero-order chi connectivity index (χ0) is 14.7. The minimum atomic E-state index is -1.42. The van der Waals surface area contributed by atoms with Gasteiger partial charge in [-0.3, -0.25) is 0 Å². The van der Waals surface area contributed by atoms with Crippen LogP contribution < -0.4 is 10.6 Å². The average Bonchev–Trinajstić information content (AvgIpc) is 2.74. The fourth-order valence-corrected chi connectivity index (χ4v) is 2.24. The summed E-state index contributed by atoms with van der Waals surface area (Å²) in [6.45, 7) is 1.63. The number of nitrogens with one attached hydrogen (secondary N) is 2. The van der Waals surface area contributed by atoms with E-state index in [1.54, 1.807) is 0 Å². The Balaban J connectivity index is 2.04. The summed E-state index contributed by atoms with van der Waals surface area (Å²) >= 11 is 0. The van der Waals surface area contributed by atoms with Crippen LogP contribution in [-0.2, 0) is 0 Å². The zero-order valence-corrected chi connectivity index (χ0v) is 11.0. The van der Waals surface area contributed by atoms with Crippen LogP contribution >= 0.6 is 0 Å². The van der Waals surface area contributed by atoms with Gasteiger partial charge in [0.1, 0.15) is 11.4 Å². The number of aromatic carboxylic acids is 1. The summed E-state index contributed by atoms with van der Waals surface area (Å²) < 4.78 is 13.4. The minimum absolute atomic E-state index is 0.0156. The molecule has 0 saturated carbocycles. The van der Waals surface area contributed by atoms with Gasteiger partial charge < -0.3 is 20.6 Å². The molecule has 6 nitrogen and oxygen atoms in total. The Bertz CT molecular complexity index is 536. The lowest BCUT2D eigenvalue weighted by Gasteiger charge is -2.14. The van der Waals surface area contributed by atoms with Gasteiger partial charge in [-0.05, 0) is 32.1 Å². The van der Waals surface area contributed by atoms with E-state index in [4.69, 9.17) is 5.11 Å². The van der Waals surface area contributed by atoms with E-state index in [1.165, 1.54) is 12.1 Å². The number of carboxylic acids is 1. The molecule has 1 aromatic rings. The number of rotatable bonds is 3. The molecule has 3 N–H and O–H groups in total. The van der Waals surface area contributed by atoms with Crippen LogP contribution in [0.4, 0.5) is 14.9 Å². The predicted octanol–water partition coefficient (Wildman–Crippen LogP) is 1.35. The number of urea groups is 1. The van der Waals surface area contributed by atoms with Crippen molar-refractivity contribution in [2.75, 3.05) is 25.5 Å². The second-order valence-electron chi connectivity index (χ2n) is 4.81. The molecule has 1 atom stereocenters. The van der Waals surface area contributed by atoms with E-state index in [-0.39, 0.29) is 11.7 Å². The van der Waals surface area contributed by atoms with Gasteiger partial charge in [0.15, 0.2) is 0 Å². The third-order valence-corrected chi connectivity index (χ3v) is 3.20. The number of carbonyl (C=O) groups is 2. The minimum Gasteiger partial charge on any atom is -0.478 e. The van der Waals surface area contributed by atoms with Crippen molar-refractivity contribution in [3.8, 4) is 0 Å². The number of hydrogen-bond donors (Lipinski definition) is 3. The molecule has 1 aliphatic heterocycles. The van der Waals surface area contributed by atoms with Crippen molar-refractivity contribution in [2.24, 2.45) is 0 Å². The van der Waals surface area contributed by atoms with Gasteiger partial charge in [0.25, 0.3) is 0 Å². The van der Waals surface area contributed by atoms with Crippen molar-refractivity contribution in [3.63, 3.8) is 0 Å². The Morgan fingerprint density at radius 1 is 1.45 bits per heavy atom. The van der Waals surface area contributed by atoms with E-state index in [0.717, 1.165) is 25.6 Å². The van der Waals surface area contributed by atoms with Crippen LogP contribution in [0, 0.1) is 5.82 Å². The summed E-state index contributed by atoms with van der Waals surface area (Å²) in [5.74, 6) is -2.30. The third kappa shape index (κ3) is 3.24. The first-order valence-corrected chi connectivity index (χ1v) is 6.25. The lowest BCUT2D eigenvalue weighted by Crippen LogP contribution is -2.39. The van der Waals surface area contributed by atoms with Crippen LogP contribution in [0.1, 0.15) is 16.8 Å². The first-order chi connectivity index (χ1) is 9.47. The molecule has 1 aromatic carbocycles. The highest BCUT2D eigenvalue weighted by Crippen LogP contribution is 2.19. The van der Waals surface area contributed by atoms with E-state index >= 15 is 0 Å². The molecule has 0 aliphatic carbocycles. The molecule has 20 heavy (non-hydrogen) atoms. The molecule has 1 unspecified atom stereocenters. The third-order valence-electron chi connectivity index (χ3n) is 3.20. The van der Waals surface area contributed by atoms with Crippen molar-refractivity contribution in [1.29, 1.82) is 0 Å². The Labute approximate surface area is 115 Å². The maximum atomic E-state index is 13.4. The van der Waals surface area contributed by atoms with Gasteiger partial charge in [-0.2, -0.15) is 0 Å². The van der Waals surface area contributed by atoms with Crippen LogP contribution in [0.25, 0.3) is 0 Å². The van der Waals surface area contributed by atoms with Crippen LogP contribution in [-0.4, -0.2) is 48.2 Å². The van der Waals surface area contributed by atoms with Crippen molar-refractivity contribution < 1.29 is 19.1 Å². The van der Waals surface area contributed by atoms with Crippen molar-refractivity contribution in [1.82, 2.24) is 10.2 Å². The standard InChI is InChI=1S/C13H16FN3O3/c1-17-6-5-8(7-17)15-13(20)16-10-4-2-3-9(14)11(10)12(18)19/h2-4,8H,5-7H2,1H3,(H,18,19)(H2,15,16,20). The number of benzene rings is 1. The molecule has 2 amide bonds. The molecule has 0 bridgehead atoms. The highest BCUT2D eigenvalue weighted by molar-refractivity contribution is 6.00. The fourth-order valence-electron chi connectivity index (χ4n) is 2.24. The fraction of sp³-hybridized carbons (Fsp3) is 0.385. The number of hydrogen-bond acceptors (Lipinski definition) is 3. The molecule has 2 rings (SSSR count). The van der Waals surface area contributed by atoms with E-state index in [2.05, 4.69) is 15.5 Å². The van der Waals surface area contributed by atoms with Gasteiger partial charge in [-0.1, -0.05) is 6.07 Å². The topological polar surface area (TPSA) is 81.7 Å². The molecular formula is C13H16FN3O3. The van der Waals surface area contributed by atoms with Crippen LogP contribution in [0.15, 0.2) is 18.2 Å². The average molecular weight is 281 g/mol. The molecule has 0 spiro atoms. The normalized spacial score (nSPS) is 18.8. The Morgan fingerprint density at radius 3 is 2.80 bits per heavy atom. The summed E-state index contributed by atoms with van der Waals surface area (Å²) in [5, 5.41) is 14.1. The van der Waals surface area contributed by atoms with Gasteiger partial charge in [0.2, 0.25) is 0 Å². The zero-order valence-electron chi connectivity index (χ0n) is 11.0. The van der Waals surface area contributed by atoms with Gasteiger partial charge in [0.05, 0.1) is 5.69 Å². The molecule has 7 heteroatoms. The summed E-state index contributed by atoms with van der Waals surface area (Å²) in [5.41, 5.74) is -0.590. The molecule has 108 valence electrons. The quantitative estimate of drug-likeness (QED) is 0.781. The number of carbonyl (C=O) groups excluding carboxylic acids is 1. The summed E-state index contributed by atoms with van der Waals surface area (Å²) in [7, 11) is 1.95. The molecule has 0 radical (unpaired) electrons. The smallest absolute Gasteiger partial charge is 0.340 e. The summed E-state index contributed by atoms with van der Waals surface area (Å²) in [6.07, 6.45) is 0.832. The molecule has 1 saturated heterocycles. The number of likely N-dealkylation sites (N-methyl/N-ethyl adjacent to an activating group) is 1. The monoisotopic (exact) mass is 281 g/mol. The Kier molecular flexibility index (Phi) is 4.19. The van der Waals surface area contributed by atoms with Gasteiger partial charge in [-0.25, -0.2) is 14.0 Å². The van der Waals surface area contributed by atoms with E-state index in [9.17, 15) is 14.0 Å². The van der Waals surface area contributed by atoms with Crippen molar-refractivity contribution in [3.05, 3.63) is 29.6 Å². The largest absolute Gasteiger partial charge is 0.478 e. The van der Waals surface area contributed by atoms with Crippen LogP contribution in [0.2, 0.25) is 0 Å². The van der Waals surface area contributed by atoms with Crippen molar-refractivity contribution in [2.45, 2.75) is 12.5 Å². The highest BCUT2D eigenvalue weighted by atomic mass is 19.1. The number of carboxylic acid groups (broad SMARTS) is 1. The SMILES string of the molecule is CN1CCC(NC(=O)Nc2cccc(F)c2C(=O)O)C1. The van der Waals surface area contributed by atoms with Crippen LogP contribution in [0.3, 0.4) is 0 Å². The summed E-state index contributed by atoms with van der Waals surface area (Å²) in [4.78, 5) is 24.9. The molecular weight excluding hydrogens is 265 g/mol. The molecule has 1 heterocycles. The maximum absolute atomic E-state index is 13.4. The molecule has 1 aliphatic rings. The Hall–Kier alpha value is -2.15. The Morgan fingerprint density at radius 2 is 2.20 bits per heavy atom. The number of halogens is 1. The molecule has 0 aromatic heterocycles. The van der Waals surface area contributed by atoms with Crippen LogP contribution in [0.5, 0.6) is 0 Å². The second-order valence-corrected chi connectivity index (χ2v) is 4.81. The number of likely N-dealkylation sites (tertiary alicyclic amines) is 1. The first kappa shape index (κ1) is 14.3. The predicted molar refractivity (Wildman–Crippen MR) is 71.4 cm³/mol. The van der Waals surface area contributed by atoms with Gasteiger partial charge in [-0.15, -0.1) is 0 Å². The molecule has 1 fully saturated rings. The maximum Gasteiger partial charge on any atom is 0.340 e. The summed E-state index contributed by atoms with van der Waals surface area (Å²) in [6, 6.07) is 3.23.